The van der Waals surface area contributed by atoms with Gasteiger partial charge in [0.25, 0.3) is 0 Å². The molecule has 0 atom stereocenters. The van der Waals surface area contributed by atoms with Crippen molar-refractivity contribution in [1.82, 2.24) is 5.32 Å². The number of rotatable bonds is 5. The molecule has 0 aromatic heterocycles. The van der Waals surface area contributed by atoms with E-state index < -0.39 is 0 Å². The Morgan fingerprint density at radius 1 is 1.12 bits per heavy atom. The molecule has 0 saturated heterocycles. The van der Waals surface area contributed by atoms with Gasteiger partial charge in [0.2, 0.25) is 0 Å². The number of ketones is 1. The van der Waals surface area contributed by atoms with Crippen LogP contribution in [0.3, 0.4) is 0 Å². The van der Waals surface area contributed by atoms with Crippen LogP contribution in [0.5, 0.6) is 0 Å². The lowest BCUT2D eigenvalue weighted by molar-refractivity contribution is -0.121. The molecule has 0 unspecified atom stereocenters. The van der Waals surface area contributed by atoms with Crippen LogP contribution in [0.25, 0.3) is 0 Å². The molecule has 0 aliphatic heterocycles. The quantitative estimate of drug-likeness (QED) is 0.717. The summed E-state index contributed by atoms with van der Waals surface area (Å²) in [5, 5.41) is 3.17. The first-order valence-corrected chi connectivity index (χ1v) is 5.76. The molecule has 16 heavy (non-hydrogen) atoms. The van der Waals surface area contributed by atoms with Crippen molar-refractivity contribution in [2.75, 3.05) is 6.54 Å². The third-order valence-corrected chi connectivity index (χ3v) is 1.98. The first-order chi connectivity index (χ1) is 7.54. The van der Waals surface area contributed by atoms with E-state index in [-0.39, 0.29) is 11.7 Å². The molecule has 88 valence electrons. The summed E-state index contributed by atoms with van der Waals surface area (Å²) >= 11 is 0. The Balaban J connectivity index is 3.66. The lowest BCUT2D eigenvalue weighted by Crippen LogP contribution is -2.22. The molecule has 2 nitrogen and oxygen atoms in total. The zero-order valence-corrected chi connectivity index (χ0v) is 10.7. The van der Waals surface area contributed by atoms with Crippen molar-refractivity contribution in [3.8, 4) is 23.7 Å². The first-order valence-electron chi connectivity index (χ1n) is 5.76. The standard InChI is InChI=1S/C14H21NO/c1-12(2)14(16)10-8-6-5-7-9-11-15-13(3)4/h12-13,15H,8,10-11H2,1-4H3. The van der Waals surface area contributed by atoms with Crippen molar-refractivity contribution < 1.29 is 4.79 Å². The van der Waals surface area contributed by atoms with Crippen LogP contribution in [0.2, 0.25) is 0 Å². The summed E-state index contributed by atoms with van der Waals surface area (Å²) in [6.07, 6.45) is 1.15. The van der Waals surface area contributed by atoms with Crippen LogP contribution in [0.15, 0.2) is 0 Å². The van der Waals surface area contributed by atoms with Crippen LogP contribution in [0.1, 0.15) is 40.5 Å². The first kappa shape index (κ1) is 14.8. The zero-order valence-electron chi connectivity index (χ0n) is 10.7. The molecule has 0 rings (SSSR count). The van der Waals surface area contributed by atoms with E-state index in [4.69, 9.17) is 0 Å². The molecule has 0 spiro atoms. The Bertz CT molecular complexity index is 320. The topological polar surface area (TPSA) is 29.1 Å². The zero-order chi connectivity index (χ0) is 12.4. The largest absolute Gasteiger partial charge is 0.304 e. The number of Topliss-reactive ketones (excluding diaryl/α,β-unsaturated/α-hetero) is 1. The minimum atomic E-state index is 0.114. The summed E-state index contributed by atoms with van der Waals surface area (Å²) in [7, 11) is 0. The van der Waals surface area contributed by atoms with Gasteiger partial charge < -0.3 is 5.32 Å². The normalized spacial score (nSPS) is 9.38. The molecule has 0 bridgehead atoms. The van der Waals surface area contributed by atoms with E-state index in [9.17, 15) is 4.79 Å². The van der Waals surface area contributed by atoms with Gasteiger partial charge in [-0.2, -0.15) is 0 Å². The van der Waals surface area contributed by atoms with E-state index in [2.05, 4.69) is 42.8 Å². The molecule has 0 radical (unpaired) electrons. The predicted octanol–water partition coefficient (Wildman–Crippen LogP) is 2.00. The molecule has 2 heteroatoms. The fourth-order valence-corrected chi connectivity index (χ4v) is 0.925. The van der Waals surface area contributed by atoms with Gasteiger partial charge in [-0.05, 0) is 25.7 Å². The second-order valence-corrected chi connectivity index (χ2v) is 4.26. The SMILES string of the molecule is CC(C)NCC#CC#CCCC(=O)C(C)C. The Morgan fingerprint density at radius 2 is 1.75 bits per heavy atom. The molecule has 0 heterocycles. The van der Waals surface area contributed by atoms with Crippen LogP contribution in [-0.2, 0) is 4.79 Å². The van der Waals surface area contributed by atoms with E-state index in [1.54, 1.807) is 0 Å². The number of hydrogen-bond acceptors (Lipinski definition) is 2. The lowest BCUT2D eigenvalue weighted by Gasteiger charge is -2.00. The van der Waals surface area contributed by atoms with Crippen molar-refractivity contribution >= 4 is 5.78 Å². The molecule has 1 N–H and O–H groups in total. The molecule has 0 aromatic rings. The van der Waals surface area contributed by atoms with Gasteiger partial charge >= 0.3 is 0 Å². The van der Waals surface area contributed by atoms with E-state index >= 15 is 0 Å². The van der Waals surface area contributed by atoms with Gasteiger partial charge in [-0.25, -0.2) is 0 Å². The molecular formula is C14H21NO. The summed E-state index contributed by atoms with van der Waals surface area (Å²) in [4.78, 5) is 11.2. The van der Waals surface area contributed by atoms with Crippen molar-refractivity contribution in [3.63, 3.8) is 0 Å². The van der Waals surface area contributed by atoms with Gasteiger partial charge in [-0.15, -0.1) is 0 Å². The van der Waals surface area contributed by atoms with Gasteiger partial charge in [-0.3, -0.25) is 4.79 Å². The average Bonchev–Trinajstić information content (AvgIpc) is 2.21. The third kappa shape index (κ3) is 9.31. The molecule has 0 fully saturated rings. The van der Waals surface area contributed by atoms with Crippen molar-refractivity contribution in [2.24, 2.45) is 5.92 Å². The monoisotopic (exact) mass is 219 g/mol. The minimum Gasteiger partial charge on any atom is -0.304 e. The van der Waals surface area contributed by atoms with Crippen LogP contribution >= 0.6 is 0 Å². The maximum absolute atomic E-state index is 11.2. The highest BCUT2D eigenvalue weighted by atomic mass is 16.1. The summed E-state index contributed by atoms with van der Waals surface area (Å²) in [5.41, 5.74) is 0. The Labute approximate surface area is 99.2 Å². The maximum atomic E-state index is 11.2. The Morgan fingerprint density at radius 3 is 2.31 bits per heavy atom. The van der Waals surface area contributed by atoms with Crippen molar-refractivity contribution in [1.29, 1.82) is 0 Å². The second-order valence-electron chi connectivity index (χ2n) is 4.26. The van der Waals surface area contributed by atoms with Gasteiger partial charge in [-0.1, -0.05) is 25.7 Å². The van der Waals surface area contributed by atoms with E-state index in [1.165, 1.54) is 0 Å². The minimum absolute atomic E-state index is 0.114. The van der Waals surface area contributed by atoms with Crippen LogP contribution < -0.4 is 5.32 Å². The highest BCUT2D eigenvalue weighted by molar-refractivity contribution is 5.80. The van der Waals surface area contributed by atoms with E-state index in [0.29, 0.717) is 25.4 Å². The molecule has 0 aromatic carbocycles. The number of hydrogen-bond donors (Lipinski definition) is 1. The fourth-order valence-electron chi connectivity index (χ4n) is 0.925. The lowest BCUT2D eigenvalue weighted by atomic mass is 10.1. The molecular weight excluding hydrogens is 198 g/mol. The molecule has 0 saturated carbocycles. The summed E-state index contributed by atoms with van der Waals surface area (Å²) in [6.45, 7) is 8.63. The van der Waals surface area contributed by atoms with Crippen LogP contribution in [0.4, 0.5) is 0 Å². The second kappa shape index (κ2) is 9.01. The highest BCUT2D eigenvalue weighted by Gasteiger charge is 2.04. The number of nitrogens with one attached hydrogen (secondary N) is 1. The van der Waals surface area contributed by atoms with Gasteiger partial charge in [0.15, 0.2) is 0 Å². The van der Waals surface area contributed by atoms with Gasteiger partial charge in [0.05, 0.1) is 6.54 Å². The van der Waals surface area contributed by atoms with Crippen molar-refractivity contribution in [2.45, 2.75) is 46.6 Å². The van der Waals surface area contributed by atoms with Gasteiger partial charge in [0, 0.05) is 24.8 Å². The smallest absolute Gasteiger partial charge is 0.136 e. The maximum Gasteiger partial charge on any atom is 0.136 e. The summed E-state index contributed by atoms with van der Waals surface area (Å²) in [5.74, 6) is 11.7. The van der Waals surface area contributed by atoms with Crippen molar-refractivity contribution in [3.05, 3.63) is 0 Å². The Hall–Kier alpha value is -1.25. The third-order valence-electron chi connectivity index (χ3n) is 1.98. The Kier molecular flexibility index (Phi) is 8.31. The van der Waals surface area contributed by atoms with E-state index in [1.807, 2.05) is 13.8 Å². The summed E-state index contributed by atoms with van der Waals surface area (Å²) in [6, 6.07) is 0.450. The molecule has 0 aliphatic carbocycles. The van der Waals surface area contributed by atoms with Crippen LogP contribution in [-0.4, -0.2) is 18.4 Å². The van der Waals surface area contributed by atoms with Crippen LogP contribution in [0, 0.1) is 29.6 Å². The number of carbonyl (C=O) groups excluding carboxylic acids is 1. The molecule has 0 aliphatic rings. The fraction of sp³-hybridized carbons (Fsp3) is 0.643. The predicted molar refractivity (Wildman–Crippen MR) is 67.8 cm³/mol. The average molecular weight is 219 g/mol. The highest BCUT2D eigenvalue weighted by Crippen LogP contribution is 2.00. The van der Waals surface area contributed by atoms with Gasteiger partial charge in [0.1, 0.15) is 5.78 Å². The van der Waals surface area contributed by atoms with E-state index in [0.717, 1.165) is 0 Å². The molecule has 0 amide bonds. The number of carbonyl (C=O) groups is 1. The summed E-state index contributed by atoms with van der Waals surface area (Å²) < 4.78 is 0.